The molecule has 0 spiro atoms. The Morgan fingerprint density at radius 1 is 1.29 bits per heavy atom. The molecule has 3 aromatic heterocycles. The third-order valence-electron chi connectivity index (χ3n) is 4.90. The fourth-order valence-electron chi connectivity index (χ4n) is 3.29. The first-order valence-electron chi connectivity index (χ1n) is 9.09. The van der Waals surface area contributed by atoms with Crippen molar-refractivity contribution in [3.8, 4) is 17.0 Å². The summed E-state index contributed by atoms with van der Waals surface area (Å²) in [5, 5.41) is 14.0. The number of nitrogens with one attached hydrogen (secondary N) is 1. The number of hydrogen-bond donors (Lipinski definition) is 2. The summed E-state index contributed by atoms with van der Waals surface area (Å²) in [6.45, 7) is 1.61. The van der Waals surface area contributed by atoms with E-state index in [1.165, 1.54) is 30.8 Å². The molecule has 3 heterocycles. The Bertz CT molecular complexity index is 1460. The zero-order chi connectivity index (χ0) is 22.4. The number of anilines is 1. The number of fused-ring (bicyclic) bond motifs is 1. The van der Waals surface area contributed by atoms with Crippen molar-refractivity contribution in [2.75, 3.05) is 5.32 Å². The van der Waals surface area contributed by atoms with Crippen molar-refractivity contribution in [3.05, 3.63) is 61.6 Å². The van der Waals surface area contributed by atoms with Crippen LogP contribution < -0.4 is 16.6 Å². The van der Waals surface area contributed by atoms with Crippen molar-refractivity contribution < 1.29 is 18.7 Å². The van der Waals surface area contributed by atoms with Crippen molar-refractivity contribution in [1.29, 1.82) is 0 Å². The molecule has 0 atom stereocenters. The monoisotopic (exact) mass is 444 g/mol. The topological polar surface area (TPSA) is 119 Å². The molecule has 0 saturated heterocycles. The number of aromatic nitrogens is 3. The molecule has 31 heavy (non-hydrogen) atoms. The number of carbonyl (C=O) groups is 1. The van der Waals surface area contributed by atoms with Crippen LogP contribution in [0.4, 0.5) is 9.52 Å². The predicted molar refractivity (Wildman–Crippen MR) is 113 cm³/mol. The molecule has 0 saturated carbocycles. The van der Waals surface area contributed by atoms with Crippen molar-refractivity contribution in [2.24, 2.45) is 14.1 Å². The molecule has 0 aliphatic carbocycles. The van der Waals surface area contributed by atoms with E-state index in [1.54, 1.807) is 12.3 Å². The Morgan fingerprint density at radius 2 is 2.03 bits per heavy atom. The number of aromatic hydroxyl groups is 1. The Morgan fingerprint density at radius 3 is 2.74 bits per heavy atom. The van der Waals surface area contributed by atoms with Crippen molar-refractivity contribution in [2.45, 2.75) is 13.3 Å². The van der Waals surface area contributed by atoms with Crippen LogP contribution in [-0.4, -0.2) is 25.1 Å². The summed E-state index contributed by atoms with van der Waals surface area (Å²) in [4.78, 5) is 41.5. The lowest BCUT2D eigenvalue weighted by Gasteiger charge is -2.04. The summed E-state index contributed by atoms with van der Waals surface area (Å²) in [7, 11) is 2.84. The van der Waals surface area contributed by atoms with Gasteiger partial charge in [0, 0.05) is 36.7 Å². The van der Waals surface area contributed by atoms with Crippen LogP contribution >= 0.6 is 11.3 Å². The van der Waals surface area contributed by atoms with E-state index in [1.807, 2.05) is 0 Å². The number of halogens is 1. The van der Waals surface area contributed by atoms with Gasteiger partial charge in [-0.2, -0.15) is 0 Å². The lowest BCUT2D eigenvalue weighted by atomic mass is 10.1. The number of furan rings is 1. The number of hydrogen-bond acceptors (Lipinski definition) is 7. The molecule has 0 unspecified atom stereocenters. The minimum Gasteiger partial charge on any atom is -0.508 e. The number of thiazole rings is 1. The highest BCUT2D eigenvalue weighted by Crippen LogP contribution is 2.29. The lowest BCUT2D eigenvalue weighted by Crippen LogP contribution is -2.36. The molecule has 0 aliphatic heterocycles. The molecule has 1 amide bonds. The van der Waals surface area contributed by atoms with Crippen LogP contribution in [-0.2, 0) is 25.3 Å². The Kier molecular flexibility index (Phi) is 4.97. The molecule has 1 aromatic carbocycles. The quantitative estimate of drug-likeness (QED) is 0.498. The zero-order valence-corrected chi connectivity index (χ0v) is 17.5. The van der Waals surface area contributed by atoms with E-state index in [9.17, 15) is 23.9 Å². The van der Waals surface area contributed by atoms with Gasteiger partial charge in [-0.25, -0.2) is 14.2 Å². The predicted octanol–water partition coefficient (Wildman–Crippen LogP) is 2.29. The van der Waals surface area contributed by atoms with Gasteiger partial charge in [-0.15, -0.1) is 11.3 Å². The number of amides is 1. The van der Waals surface area contributed by atoms with Gasteiger partial charge in [0.15, 0.2) is 5.13 Å². The van der Waals surface area contributed by atoms with Crippen LogP contribution in [0.15, 0.2) is 37.6 Å². The molecule has 9 nitrogen and oxygen atoms in total. The Hall–Kier alpha value is -3.73. The second-order valence-corrected chi connectivity index (χ2v) is 7.81. The number of benzene rings is 1. The van der Waals surface area contributed by atoms with E-state index >= 15 is 0 Å². The Labute approximate surface area is 178 Å². The summed E-state index contributed by atoms with van der Waals surface area (Å²) in [5.74, 6) is -0.926. The second-order valence-electron chi connectivity index (χ2n) is 6.95. The van der Waals surface area contributed by atoms with Crippen molar-refractivity contribution in [3.63, 3.8) is 0 Å². The molecule has 0 fully saturated rings. The highest BCUT2D eigenvalue weighted by atomic mass is 32.1. The molecule has 0 bridgehead atoms. The summed E-state index contributed by atoms with van der Waals surface area (Å²) in [6.07, 6.45) is -0.172. The van der Waals surface area contributed by atoms with Crippen LogP contribution in [0.5, 0.6) is 5.75 Å². The standard InChI is InChI=1S/C20H17FN4O5S/c1-9-12(16-17(28)24(2)20(29)25(3)18(16)30-9)7-15(27)23-19-22-14(8-31-19)11-5-4-10(26)6-13(11)21/h4-6,8,26H,7H2,1-3H3,(H,22,23,27). The molecule has 2 N–H and O–H groups in total. The first-order valence-corrected chi connectivity index (χ1v) is 9.97. The average molecular weight is 444 g/mol. The molecular weight excluding hydrogens is 427 g/mol. The van der Waals surface area contributed by atoms with Crippen LogP contribution in [0.1, 0.15) is 11.3 Å². The summed E-state index contributed by atoms with van der Waals surface area (Å²) in [5.41, 5.74) is -0.0869. The van der Waals surface area contributed by atoms with Gasteiger partial charge in [-0.05, 0) is 19.1 Å². The van der Waals surface area contributed by atoms with Gasteiger partial charge in [0.25, 0.3) is 5.56 Å². The number of aryl methyl sites for hydroxylation is 2. The highest BCUT2D eigenvalue weighted by molar-refractivity contribution is 7.14. The fourth-order valence-corrected chi connectivity index (χ4v) is 4.02. The molecule has 0 aliphatic rings. The van der Waals surface area contributed by atoms with E-state index < -0.39 is 23.0 Å². The minimum absolute atomic E-state index is 0.104. The van der Waals surface area contributed by atoms with E-state index in [0.717, 1.165) is 22.0 Å². The fraction of sp³-hybridized carbons (Fsp3) is 0.200. The largest absolute Gasteiger partial charge is 0.508 e. The van der Waals surface area contributed by atoms with E-state index in [0.29, 0.717) is 17.0 Å². The highest BCUT2D eigenvalue weighted by Gasteiger charge is 2.22. The minimum atomic E-state index is -0.634. The number of nitrogens with zero attached hydrogens (tertiary/aromatic N) is 3. The van der Waals surface area contributed by atoms with Gasteiger partial charge >= 0.3 is 5.69 Å². The maximum atomic E-state index is 14.0. The summed E-state index contributed by atoms with van der Waals surface area (Å²) in [6, 6.07) is 3.72. The number of carbonyl (C=O) groups excluding carboxylic acids is 1. The lowest BCUT2D eigenvalue weighted by molar-refractivity contribution is -0.115. The van der Waals surface area contributed by atoms with E-state index in [-0.39, 0.29) is 34.0 Å². The van der Waals surface area contributed by atoms with Crippen molar-refractivity contribution in [1.82, 2.24) is 14.1 Å². The van der Waals surface area contributed by atoms with Gasteiger partial charge in [-0.3, -0.25) is 18.7 Å². The van der Waals surface area contributed by atoms with E-state index in [4.69, 9.17) is 4.42 Å². The summed E-state index contributed by atoms with van der Waals surface area (Å²) >= 11 is 1.11. The van der Waals surface area contributed by atoms with Gasteiger partial charge in [0.05, 0.1) is 12.1 Å². The van der Waals surface area contributed by atoms with Crippen LogP contribution in [0, 0.1) is 12.7 Å². The third kappa shape index (κ3) is 3.52. The normalized spacial score (nSPS) is 11.2. The zero-order valence-electron chi connectivity index (χ0n) is 16.7. The molecule has 11 heteroatoms. The van der Waals surface area contributed by atoms with Gasteiger partial charge in [0.1, 0.15) is 22.7 Å². The molecule has 4 rings (SSSR count). The Balaban J connectivity index is 1.61. The van der Waals surface area contributed by atoms with Gasteiger partial charge in [0.2, 0.25) is 11.6 Å². The summed E-state index contributed by atoms with van der Waals surface area (Å²) < 4.78 is 21.8. The van der Waals surface area contributed by atoms with E-state index in [2.05, 4.69) is 10.3 Å². The van der Waals surface area contributed by atoms with Crippen LogP contribution in [0.25, 0.3) is 22.4 Å². The third-order valence-corrected chi connectivity index (χ3v) is 5.66. The molecule has 4 aromatic rings. The first-order chi connectivity index (χ1) is 14.7. The van der Waals surface area contributed by atoms with Crippen LogP contribution in [0.2, 0.25) is 0 Å². The number of phenols is 1. The van der Waals surface area contributed by atoms with Gasteiger partial charge in [-0.1, -0.05) is 0 Å². The first kappa shape index (κ1) is 20.5. The maximum absolute atomic E-state index is 14.0. The molecule has 0 radical (unpaired) electrons. The second kappa shape index (κ2) is 7.51. The number of phenolic OH excluding ortho intramolecular Hbond substituents is 1. The molecular formula is C20H17FN4O5S. The average Bonchev–Trinajstić information content (AvgIpc) is 3.29. The SMILES string of the molecule is Cc1oc2c(c1CC(=O)Nc1nc(-c3ccc(O)cc3F)cs1)c(=O)n(C)c(=O)n2C. The maximum Gasteiger partial charge on any atom is 0.333 e. The smallest absolute Gasteiger partial charge is 0.333 e. The van der Waals surface area contributed by atoms with Gasteiger partial charge < -0.3 is 14.8 Å². The molecule has 160 valence electrons. The van der Waals surface area contributed by atoms with Crippen LogP contribution in [0.3, 0.4) is 0 Å². The van der Waals surface area contributed by atoms with Crippen molar-refractivity contribution >= 4 is 33.5 Å². The number of rotatable bonds is 4.